The number of hydrogen-bond donors (Lipinski definition) is 2. The summed E-state index contributed by atoms with van der Waals surface area (Å²) in [6.07, 6.45) is 1.68. The monoisotopic (exact) mass is 404 g/mol. The highest BCUT2D eigenvalue weighted by molar-refractivity contribution is 5.45. The third-order valence-corrected chi connectivity index (χ3v) is 5.81. The number of benzene rings is 1. The number of halogens is 1. The van der Waals surface area contributed by atoms with Crippen LogP contribution in [0.15, 0.2) is 36.4 Å². The molecule has 4 nitrogen and oxygen atoms in total. The van der Waals surface area contributed by atoms with Gasteiger partial charge in [0, 0.05) is 24.4 Å². The van der Waals surface area contributed by atoms with Crippen molar-refractivity contribution >= 4 is 0 Å². The molecule has 2 unspecified atom stereocenters. The Balaban J connectivity index is 1.66. The molecule has 4 heterocycles. The Morgan fingerprint density at radius 2 is 1.90 bits per heavy atom. The molecule has 0 radical (unpaired) electrons. The SMILES string of the molecule is CC(O)C#Cc1ccc(C#CC2(O)CN3CCC2CC3)c(Cc2ccc(F)cc2)n1. The third kappa shape index (κ3) is 4.71. The first-order valence-corrected chi connectivity index (χ1v) is 10.3. The van der Waals surface area contributed by atoms with Crippen LogP contribution >= 0.6 is 0 Å². The number of piperidine rings is 3. The van der Waals surface area contributed by atoms with Crippen molar-refractivity contribution in [2.75, 3.05) is 19.6 Å². The zero-order valence-corrected chi connectivity index (χ0v) is 17.0. The van der Waals surface area contributed by atoms with Gasteiger partial charge in [0.1, 0.15) is 23.2 Å². The summed E-state index contributed by atoms with van der Waals surface area (Å²) in [5.41, 5.74) is 1.91. The number of aliphatic hydroxyl groups is 2. The number of nitrogens with zero attached hydrogens (tertiary/aromatic N) is 2. The molecule has 0 saturated carbocycles. The normalized spacial score (nSPS) is 25.6. The Kier molecular flexibility index (Phi) is 5.88. The van der Waals surface area contributed by atoms with E-state index in [1.807, 2.05) is 6.07 Å². The highest BCUT2D eigenvalue weighted by Gasteiger charge is 2.44. The minimum absolute atomic E-state index is 0.208. The number of rotatable bonds is 2. The Bertz CT molecular complexity index is 1030. The van der Waals surface area contributed by atoms with Gasteiger partial charge in [-0.2, -0.15) is 0 Å². The molecule has 3 fully saturated rings. The second-order valence-electron chi connectivity index (χ2n) is 8.16. The lowest BCUT2D eigenvalue weighted by atomic mass is 9.75. The first-order chi connectivity index (χ1) is 14.4. The molecule has 3 aliphatic heterocycles. The summed E-state index contributed by atoms with van der Waals surface area (Å²) in [5, 5.41) is 20.5. The van der Waals surface area contributed by atoms with Crippen LogP contribution in [0.25, 0.3) is 0 Å². The number of fused-ring (bicyclic) bond motifs is 3. The number of pyridine rings is 1. The zero-order valence-electron chi connectivity index (χ0n) is 17.0. The van der Waals surface area contributed by atoms with Crippen molar-refractivity contribution in [2.24, 2.45) is 5.92 Å². The molecule has 2 N–H and O–H groups in total. The van der Waals surface area contributed by atoms with E-state index < -0.39 is 11.7 Å². The van der Waals surface area contributed by atoms with Crippen LogP contribution in [0, 0.1) is 35.4 Å². The van der Waals surface area contributed by atoms with Gasteiger partial charge < -0.3 is 10.2 Å². The molecular formula is C25H25FN2O2. The van der Waals surface area contributed by atoms with Gasteiger partial charge in [-0.05, 0) is 68.6 Å². The average Bonchev–Trinajstić information content (AvgIpc) is 2.74. The van der Waals surface area contributed by atoms with Crippen molar-refractivity contribution in [2.45, 2.75) is 37.9 Å². The van der Waals surface area contributed by atoms with Gasteiger partial charge in [0.05, 0.1) is 5.69 Å². The van der Waals surface area contributed by atoms with E-state index in [0.29, 0.717) is 18.7 Å². The molecule has 0 amide bonds. The van der Waals surface area contributed by atoms with E-state index in [1.165, 1.54) is 12.1 Å². The fourth-order valence-corrected chi connectivity index (χ4v) is 4.15. The van der Waals surface area contributed by atoms with Gasteiger partial charge in [0.2, 0.25) is 0 Å². The Labute approximate surface area is 176 Å². The second-order valence-corrected chi connectivity index (χ2v) is 8.16. The lowest BCUT2D eigenvalue weighted by Gasteiger charge is -2.47. The van der Waals surface area contributed by atoms with Gasteiger partial charge in [-0.25, -0.2) is 9.37 Å². The Morgan fingerprint density at radius 3 is 2.53 bits per heavy atom. The van der Waals surface area contributed by atoms with Crippen LogP contribution in [-0.2, 0) is 6.42 Å². The van der Waals surface area contributed by atoms with E-state index in [4.69, 9.17) is 0 Å². The largest absolute Gasteiger partial charge is 0.381 e. The van der Waals surface area contributed by atoms with Crippen LogP contribution < -0.4 is 0 Å². The molecule has 154 valence electrons. The standard InChI is InChI=1S/C25H25FN2O2/c1-18(29)2-8-23-9-5-20(24(27-23)16-19-3-6-22(26)7-4-19)10-13-25(30)17-28-14-11-21(25)12-15-28/h3-7,9,18,21,29-30H,11-12,14-17H2,1H3. The quantitative estimate of drug-likeness (QED) is 0.755. The molecule has 1 aromatic heterocycles. The molecule has 0 aliphatic carbocycles. The van der Waals surface area contributed by atoms with Gasteiger partial charge in [-0.15, -0.1) is 0 Å². The number of aliphatic hydroxyl groups excluding tert-OH is 1. The minimum atomic E-state index is -0.992. The topological polar surface area (TPSA) is 56.6 Å². The number of hydrogen-bond acceptors (Lipinski definition) is 4. The predicted molar refractivity (Wildman–Crippen MR) is 113 cm³/mol. The molecule has 30 heavy (non-hydrogen) atoms. The molecule has 5 rings (SSSR count). The third-order valence-electron chi connectivity index (χ3n) is 5.81. The van der Waals surface area contributed by atoms with Crippen molar-refractivity contribution in [1.29, 1.82) is 0 Å². The summed E-state index contributed by atoms with van der Waals surface area (Å²) in [6, 6.07) is 9.93. The molecule has 2 atom stereocenters. The molecule has 0 spiro atoms. The van der Waals surface area contributed by atoms with E-state index in [-0.39, 0.29) is 11.7 Å². The molecule has 2 aromatic rings. The average molecular weight is 404 g/mol. The predicted octanol–water partition coefficient (Wildman–Crippen LogP) is 2.35. The summed E-state index contributed by atoms with van der Waals surface area (Å²) in [4.78, 5) is 6.89. The fourth-order valence-electron chi connectivity index (χ4n) is 4.15. The summed E-state index contributed by atoms with van der Waals surface area (Å²) < 4.78 is 13.3. The Hall–Kier alpha value is -2.70. The van der Waals surface area contributed by atoms with Crippen LogP contribution in [-0.4, -0.2) is 51.4 Å². The van der Waals surface area contributed by atoms with E-state index >= 15 is 0 Å². The van der Waals surface area contributed by atoms with Crippen molar-refractivity contribution in [3.63, 3.8) is 0 Å². The maximum absolute atomic E-state index is 13.3. The maximum Gasteiger partial charge on any atom is 0.141 e. The van der Waals surface area contributed by atoms with E-state index in [9.17, 15) is 14.6 Å². The molecule has 3 aliphatic rings. The Morgan fingerprint density at radius 1 is 1.17 bits per heavy atom. The van der Waals surface area contributed by atoms with Crippen LogP contribution in [0.2, 0.25) is 0 Å². The summed E-state index contributed by atoms with van der Waals surface area (Å²) >= 11 is 0. The highest BCUT2D eigenvalue weighted by atomic mass is 19.1. The highest BCUT2D eigenvalue weighted by Crippen LogP contribution is 2.35. The molecule has 1 aromatic carbocycles. The fraction of sp³-hybridized carbons (Fsp3) is 0.400. The smallest absolute Gasteiger partial charge is 0.141 e. The van der Waals surface area contributed by atoms with Crippen molar-refractivity contribution in [3.05, 3.63) is 64.7 Å². The molecule has 3 saturated heterocycles. The van der Waals surface area contributed by atoms with E-state index in [0.717, 1.165) is 42.8 Å². The van der Waals surface area contributed by atoms with Gasteiger partial charge in [-0.1, -0.05) is 29.9 Å². The first-order valence-electron chi connectivity index (χ1n) is 10.3. The van der Waals surface area contributed by atoms with Crippen LogP contribution in [0.5, 0.6) is 0 Å². The molecular weight excluding hydrogens is 379 g/mol. The van der Waals surface area contributed by atoms with Crippen molar-refractivity contribution in [1.82, 2.24) is 9.88 Å². The first kappa shape index (κ1) is 20.6. The maximum atomic E-state index is 13.3. The van der Waals surface area contributed by atoms with E-state index in [2.05, 4.69) is 33.6 Å². The van der Waals surface area contributed by atoms with Gasteiger partial charge in [0.25, 0.3) is 0 Å². The number of aromatic nitrogens is 1. The van der Waals surface area contributed by atoms with Crippen molar-refractivity contribution < 1.29 is 14.6 Å². The zero-order chi connectivity index (χ0) is 21.1. The summed E-state index contributed by atoms with van der Waals surface area (Å²) in [7, 11) is 0. The second kappa shape index (κ2) is 8.58. The van der Waals surface area contributed by atoms with Crippen LogP contribution in [0.1, 0.15) is 42.3 Å². The van der Waals surface area contributed by atoms with Gasteiger partial charge in [-0.3, -0.25) is 4.90 Å². The van der Waals surface area contributed by atoms with Crippen LogP contribution in [0.3, 0.4) is 0 Å². The van der Waals surface area contributed by atoms with Gasteiger partial charge >= 0.3 is 0 Å². The lowest BCUT2D eigenvalue weighted by molar-refractivity contribution is -0.0713. The van der Waals surface area contributed by atoms with Gasteiger partial charge in [0.15, 0.2) is 0 Å². The summed E-state index contributed by atoms with van der Waals surface area (Å²) in [6.45, 7) is 4.25. The summed E-state index contributed by atoms with van der Waals surface area (Å²) in [5.74, 6) is 11.8. The van der Waals surface area contributed by atoms with Crippen LogP contribution in [0.4, 0.5) is 4.39 Å². The lowest BCUT2D eigenvalue weighted by Crippen LogP contribution is -2.58. The molecule has 5 heteroatoms. The van der Waals surface area contributed by atoms with Crippen molar-refractivity contribution in [3.8, 4) is 23.7 Å². The minimum Gasteiger partial charge on any atom is -0.381 e. The molecule has 2 bridgehead atoms. The van der Waals surface area contributed by atoms with E-state index in [1.54, 1.807) is 25.1 Å².